The molecule has 4 N–H and O–H groups in total. The quantitative estimate of drug-likeness (QED) is 0.243. The van der Waals surface area contributed by atoms with Gasteiger partial charge in [0.05, 0.1) is 19.3 Å². The Hall–Kier alpha value is -3.06. The fraction of sp³-hybridized carbons (Fsp3) is 0.438. The van der Waals surface area contributed by atoms with E-state index >= 15 is 0 Å². The standard InChI is InChI=1S/C32H40N2O4/c1-34-22-37-28-11-2-24(3-12-28)21-31(35)30-15-6-25(30)20-23-4-13-29(14-5-23)38-32(16-18-36-19-17-32)26-7-9-27(33)10-8-26/h2-5,7-14,25,30-31,34-35H,6,15-22,33H2,1H3. The van der Waals surface area contributed by atoms with Crippen molar-refractivity contribution in [2.24, 2.45) is 11.8 Å². The second-order valence-corrected chi connectivity index (χ2v) is 10.7. The Bertz CT molecular complexity index is 1140. The summed E-state index contributed by atoms with van der Waals surface area (Å²) in [5.74, 6) is 2.55. The minimum Gasteiger partial charge on any atom is -0.482 e. The van der Waals surface area contributed by atoms with Gasteiger partial charge in [-0.2, -0.15) is 0 Å². The van der Waals surface area contributed by atoms with Crippen LogP contribution in [0.4, 0.5) is 5.69 Å². The molecule has 0 bridgehead atoms. The summed E-state index contributed by atoms with van der Waals surface area (Å²) in [6.07, 6.45) is 5.21. The van der Waals surface area contributed by atoms with Gasteiger partial charge < -0.3 is 25.1 Å². The van der Waals surface area contributed by atoms with E-state index in [1.165, 1.54) is 5.56 Å². The molecule has 1 aliphatic heterocycles. The number of hydrogen-bond donors (Lipinski definition) is 3. The van der Waals surface area contributed by atoms with Crippen LogP contribution < -0.4 is 20.5 Å². The summed E-state index contributed by atoms with van der Waals surface area (Å²) in [6.45, 7) is 1.85. The molecule has 3 unspecified atom stereocenters. The third kappa shape index (κ3) is 6.32. The van der Waals surface area contributed by atoms with Crippen molar-refractivity contribution in [3.8, 4) is 11.5 Å². The first kappa shape index (κ1) is 26.5. The lowest BCUT2D eigenvalue weighted by Gasteiger charge is -2.40. The zero-order valence-electron chi connectivity index (χ0n) is 22.3. The van der Waals surface area contributed by atoms with Gasteiger partial charge in [-0.1, -0.05) is 36.4 Å². The molecule has 5 rings (SSSR count). The van der Waals surface area contributed by atoms with Crippen molar-refractivity contribution in [3.05, 3.63) is 89.5 Å². The summed E-state index contributed by atoms with van der Waals surface area (Å²) in [4.78, 5) is 0. The SMILES string of the molecule is CNCOc1ccc(CC(O)C2CCC2Cc2ccc(OC3(c4ccc(N)cc4)CCOCC3)cc2)cc1. The lowest BCUT2D eigenvalue weighted by Crippen LogP contribution is -2.39. The van der Waals surface area contributed by atoms with Crippen LogP contribution in [-0.4, -0.2) is 38.2 Å². The normalized spacial score (nSPS) is 21.3. The molecule has 0 aromatic heterocycles. The number of ether oxygens (including phenoxy) is 3. The van der Waals surface area contributed by atoms with E-state index in [1.54, 1.807) is 0 Å². The molecule has 202 valence electrons. The molecule has 1 saturated carbocycles. The van der Waals surface area contributed by atoms with E-state index in [9.17, 15) is 5.11 Å². The second-order valence-electron chi connectivity index (χ2n) is 10.7. The Labute approximate surface area is 226 Å². The Morgan fingerprint density at radius 1 is 0.921 bits per heavy atom. The van der Waals surface area contributed by atoms with Crippen LogP contribution in [0.15, 0.2) is 72.8 Å². The fourth-order valence-corrected chi connectivity index (χ4v) is 5.78. The zero-order chi connectivity index (χ0) is 26.4. The highest BCUT2D eigenvalue weighted by Gasteiger charge is 2.38. The van der Waals surface area contributed by atoms with Crippen LogP contribution in [0, 0.1) is 11.8 Å². The molecule has 6 heteroatoms. The van der Waals surface area contributed by atoms with Crippen LogP contribution in [0.3, 0.4) is 0 Å². The number of aliphatic hydroxyl groups excluding tert-OH is 1. The number of aliphatic hydroxyl groups is 1. The van der Waals surface area contributed by atoms with Gasteiger partial charge in [0.1, 0.15) is 23.8 Å². The Balaban J connectivity index is 1.17. The second kappa shape index (κ2) is 12.2. The Morgan fingerprint density at radius 2 is 1.58 bits per heavy atom. The molecule has 3 atom stereocenters. The number of nitrogen functional groups attached to an aromatic ring is 1. The molecular weight excluding hydrogens is 476 g/mol. The van der Waals surface area contributed by atoms with Gasteiger partial charge in [0.2, 0.25) is 0 Å². The highest BCUT2D eigenvalue weighted by atomic mass is 16.5. The number of anilines is 1. The van der Waals surface area contributed by atoms with Gasteiger partial charge in [-0.3, -0.25) is 5.32 Å². The first-order valence-electron chi connectivity index (χ1n) is 13.8. The van der Waals surface area contributed by atoms with E-state index in [1.807, 2.05) is 31.3 Å². The van der Waals surface area contributed by atoms with Crippen molar-refractivity contribution in [1.29, 1.82) is 0 Å². The number of benzene rings is 3. The van der Waals surface area contributed by atoms with Crippen LogP contribution >= 0.6 is 0 Å². The molecule has 2 fully saturated rings. The summed E-state index contributed by atoms with van der Waals surface area (Å²) in [6, 6.07) is 24.6. The lowest BCUT2D eigenvalue weighted by molar-refractivity contribution is -0.0501. The zero-order valence-corrected chi connectivity index (χ0v) is 22.3. The average Bonchev–Trinajstić information content (AvgIpc) is 2.92. The predicted octanol–water partition coefficient (Wildman–Crippen LogP) is 5.08. The first-order valence-corrected chi connectivity index (χ1v) is 13.8. The van der Waals surface area contributed by atoms with Crippen LogP contribution in [0.1, 0.15) is 42.4 Å². The van der Waals surface area contributed by atoms with Crippen molar-refractivity contribution in [3.63, 3.8) is 0 Å². The number of nitrogens with one attached hydrogen (secondary N) is 1. The number of nitrogens with two attached hydrogens (primary N) is 1. The van der Waals surface area contributed by atoms with Crippen LogP contribution in [0.25, 0.3) is 0 Å². The van der Waals surface area contributed by atoms with Crippen molar-refractivity contribution in [2.75, 3.05) is 32.7 Å². The minimum atomic E-state index is -0.395. The van der Waals surface area contributed by atoms with E-state index in [-0.39, 0.29) is 6.10 Å². The molecule has 6 nitrogen and oxygen atoms in total. The van der Waals surface area contributed by atoms with E-state index < -0.39 is 5.60 Å². The van der Waals surface area contributed by atoms with Gasteiger partial charge in [0, 0.05) is 18.5 Å². The molecule has 0 spiro atoms. The van der Waals surface area contributed by atoms with Crippen LogP contribution in [0.2, 0.25) is 0 Å². The van der Waals surface area contributed by atoms with Gasteiger partial charge in [-0.05, 0) is 97.7 Å². The molecule has 1 aliphatic carbocycles. The van der Waals surface area contributed by atoms with E-state index in [0.717, 1.165) is 60.4 Å². The molecule has 1 heterocycles. The monoisotopic (exact) mass is 516 g/mol. The summed E-state index contributed by atoms with van der Waals surface area (Å²) in [5, 5.41) is 14.0. The smallest absolute Gasteiger partial charge is 0.139 e. The van der Waals surface area contributed by atoms with Gasteiger partial charge in [0.25, 0.3) is 0 Å². The molecule has 3 aromatic carbocycles. The summed E-state index contributed by atoms with van der Waals surface area (Å²) in [5.41, 5.74) is 9.86. The predicted molar refractivity (Wildman–Crippen MR) is 150 cm³/mol. The average molecular weight is 517 g/mol. The topological polar surface area (TPSA) is 86.0 Å². The molecule has 1 saturated heterocycles. The molecule has 0 radical (unpaired) electrons. The maximum atomic E-state index is 11.0. The lowest BCUT2D eigenvalue weighted by atomic mass is 9.67. The number of hydrogen-bond acceptors (Lipinski definition) is 6. The maximum Gasteiger partial charge on any atom is 0.139 e. The van der Waals surface area contributed by atoms with E-state index in [4.69, 9.17) is 19.9 Å². The van der Waals surface area contributed by atoms with E-state index in [0.29, 0.717) is 38.2 Å². The van der Waals surface area contributed by atoms with Gasteiger partial charge in [0.15, 0.2) is 0 Å². The summed E-state index contributed by atoms with van der Waals surface area (Å²) in [7, 11) is 1.85. The largest absolute Gasteiger partial charge is 0.482 e. The minimum absolute atomic E-state index is 0.325. The Kier molecular flexibility index (Phi) is 8.52. The van der Waals surface area contributed by atoms with Crippen LogP contribution in [-0.2, 0) is 23.2 Å². The highest BCUT2D eigenvalue weighted by Crippen LogP contribution is 2.41. The van der Waals surface area contributed by atoms with Crippen molar-refractivity contribution < 1.29 is 19.3 Å². The molecule has 3 aromatic rings. The first-order chi connectivity index (χ1) is 18.5. The fourth-order valence-electron chi connectivity index (χ4n) is 5.78. The third-order valence-electron chi connectivity index (χ3n) is 8.19. The Morgan fingerprint density at radius 3 is 2.21 bits per heavy atom. The van der Waals surface area contributed by atoms with Gasteiger partial charge in [-0.25, -0.2) is 0 Å². The van der Waals surface area contributed by atoms with Gasteiger partial charge >= 0.3 is 0 Å². The molecular formula is C32H40N2O4. The molecule has 38 heavy (non-hydrogen) atoms. The highest BCUT2D eigenvalue weighted by molar-refractivity contribution is 5.42. The van der Waals surface area contributed by atoms with Crippen molar-refractivity contribution in [2.45, 2.75) is 50.2 Å². The summed E-state index contributed by atoms with van der Waals surface area (Å²) >= 11 is 0. The van der Waals surface area contributed by atoms with Crippen molar-refractivity contribution >= 4 is 5.69 Å². The maximum absolute atomic E-state index is 11.0. The molecule has 2 aliphatic rings. The number of rotatable bonds is 11. The molecule has 0 amide bonds. The van der Waals surface area contributed by atoms with E-state index in [2.05, 4.69) is 53.8 Å². The van der Waals surface area contributed by atoms with Crippen LogP contribution in [0.5, 0.6) is 11.5 Å². The third-order valence-corrected chi connectivity index (χ3v) is 8.19. The van der Waals surface area contributed by atoms with Crippen molar-refractivity contribution in [1.82, 2.24) is 5.32 Å². The summed E-state index contributed by atoms with van der Waals surface area (Å²) < 4.78 is 17.9. The van der Waals surface area contributed by atoms with Gasteiger partial charge in [-0.15, -0.1) is 0 Å².